The summed E-state index contributed by atoms with van der Waals surface area (Å²) in [6.45, 7) is 8.64. The minimum atomic E-state index is -0.200. The van der Waals surface area contributed by atoms with Gasteiger partial charge in [-0.3, -0.25) is 14.6 Å². The lowest BCUT2D eigenvalue weighted by Gasteiger charge is -2.43. The van der Waals surface area contributed by atoms with Crippen LogP contribution < -0.4 is 15.2 Å². The zero-order chi connectivity index (χ0) is 18.6. The Morgan fingerprint density at radius 3 is 2.70 bits per heavy atom. The number of benzene rings is 1. The molecule has 0 saturated carbocycles. The fraction of sp³-hybridized carbons (Fsp3) is 0.650. The van der Waals surface area contributed by atoms with Crippen LogP contribution in [0.1, 0.15) is 24.8 Å². The molecule has 7 heteroatoms. The van der Waals surface area contributed by atoms with Crippen molar-refractivity contribution in [2.75, 3.05) is 52.6 Å². The van der Waals surface area contributed by atoms with Gasteiger partial charge in [-0.1, -0.05) is 6.07 Å². The van der Waals surface area contributed by atoms with Gasteiger partial charge in [-0.2, -0.15) is 0 Å². The third-order valence-corrected chi connectivity index (χ3v) is 5.92. The number of hydrogen-bond acceptors (Lipinski definition) is 6. The van der Waals surface area contributed by atoms with Crippen molar-refractivity contribution in [1.29, 1.82) is 0 Å². The highest BCUT2D eigenvalue weighted by Gasteiger charge is 2.28. The van der Waals surface area contributed by atoms with Gasteiger partial charge in [0.2, 0.25) is 12.7 Å². The summed E-state index contributed by atoms with van der Waals surface area (Å²) >= 11 is 0. The van der Waals surface area contributed by atoms with E-state index in [2.05, 4.69) is 26.8 Å². The molecular weight excluding hydrogens is 344 g/mol. The molecule has 4 rings (SSSR count). The van der Waals surface area contributed by atoms with Gasteiger partial charge in [-0.15, -0.1) is 0 Å². The number of ether oxygens (including phenoxy) is 2. The molecule has 2 N–H and O–H groups in total. The van der Waals surface area contributed by atoms with Crippen LogP contribution in [0.15, 0.2) is 18.2 Å². The van der Waals surface area contributed by atoms with Crippen LogP contribution in [-0.2, 0) is 11.3 Å². The number of nitrogens with zero attached hydrogens (tertiary/aromatic N) is 3. The van der Waals surface area contributed by atoms with Gasteiger partial charge in [0, 0.05) is 58.3 Å². The van der Waals surface area contributed by atoms with Crippen LogP contribution in [0.5, 0.6) is 11.5 Å². The number of nitrogens with two attached hydrogens (primary N) is 1. The molecule has 0 radical (unpaired) electrons. The standard InChI is InChI=1S/C20H30N4O3/c21-20(25)5-7-22-6-1-2-17(14-22)24-10-8-23(9-11-24)13-16-3-4-18-19(12-16)27-15-26-18/h3-4,12,17H,1-2,5-11,13-15H2,(H2,21,25). The summed E-state index contributed by atoms with van der Waals surface area (Å²) in [5, 5.41) is 0. The second-order valence-corrected chi connectivity index (χ2v) is 7.81. The number of carbonyl (C=O) groups excluding carboxylic acids is 1. The molecule has 7 nitrogen and oxygen atoms in total. The molecular formula is C20H30N4O3. The maximum Gasteiger partial charge on any atom is 0.231 e. The van der Waals surface area contributed by atoms with E-state index in [0.717, 1.165) is 63.9 Å². The maximum absolute atomic E-state index is 11.0. The van der Waals surface area contributed by atoms with Gasteiger partial charge in [0.25, 0.3) is 0 Å². The molecule has 27 heavy (non-hydrogen) atoms. The molecule has 148 valence electrons. The molecule has 0 aromatic heterocycles. The third-order valence-electron chi connectivity index (χ3n) is 5.92. The first-order valence-electron chi connectivity index (χ1n) is 10.0. The largest absolute Gasteiger partial charge is 0.454 e. The molecule has 0 spiro atoms. The summed E-state index contributed by atoms with van der Waals surface area (Å²) in [6.07, 6.45) is 2.94. The first kappa shape index (κ1) is 18.5. The van der Waals surface area contributed by atoms with Gasteiger partial charge in [0.05, 0.1) is 0 Å². The smallest absolute Gasteiger partial charge is 0.231 e. The Labute approximate surface area is 161 Å². The predicted octanol–water partition coefficient (Wildman–Crippen LogP) is 0.873. The van der Waals surface area contributed by atoms with Crippen LogP contribution in [0.3, 0.4) is 0 Å². The highest BCUT2D eigenvalue weighted by molar-refractivity contribution is 5.73. The van der Waals surface area contributed by atoms with Crippen molar-refractivity contribution >= 4 is 5.91 Å². The summed E-state index contributed by atoms with van der Waals surface area (Å²) in [5.74, 6) is 1.51. The van der Waals surface area contributed by atoms with Crippen LogP contribution >= 0.6 is 0 Å². The Morgan fingerprint density at radius 1 is 1.07 bits per heavy atom. The van der Waals surface area contributed by atoms with Crippen molar-refractivity contribution in [3.63, 3.8) is 0 Å². The second-order valence-electron chi connectivity index (χ2n) is 7.81. The number of rotatable bonds is 6. The summed E-state index contributed by atoms with van der Waals surface area (Å²) < 4.78 is 10.9. The van der Waals surface area contributed by atoms with Gasteiger partial charge in [-0.05, 0) is 37.1 Å². The Bertz CT molecular complexity index is 661. The second kappa shape index (κ2) is 8.46. The van der Waals surface area contributed by atoms with E-state index < -0.39 is 0 Å². The lowest BCUT2D eigenvalue weighted by Crippen LogP contribution is -2.55. The number of carbonyl (C=O) groups is 1. The van der Waals surface area contributed by atoms with Gasteiger partial charge in [-0.25, -0.2) is 0 Å². The number of primary amides is 1. The number of fused-ring (bicyclic) bond motifs is 1. The first-order chi connectivity index (χ1) is 13.2. The number of hydrogen-bond donors (Lipinski definition) is 1. The highest BCUT2D eigenvalue weighted by Crippen LogP contribution is 2.33. The molecule has 1 unspecified atom stereocenters. The van der Waals surface area contributed by atoms with Crippen LogP contribution in [0.4, 0.5) is 0 Å². The van der Waals surface area contributed by atoms with Crippen LogP contribution in [-0.4, -0.2) is 79.3 Å². The number of amides is 1. The van der Waals surface area contributed by atoms with Crippen molar-refractivity contribution in [2.24, 2.45) is 5.73 Å². The fourth-order valence-electron chi connectivity index (χ4n) is 4.38. The zero-order valence-electron chi connectivity index (χ0n) is 15.9. The highest BCUT2D eigenvalue weighted by atomic mass is 16.7. The Hall–Kier alpha value is -1.83. The van der Waals surface area contributed by atoms with Gasteiger partial charge < -0.3 is 20.1 Å². The maximum atomic E-state index is 11.0. The van der Waals surface area contributed by atoms with E-state index in [9.17, 15) is 4.79 Å². The summed E-state index contributed by atoms with van der Waals surface area (Å²) in [5.41, 5.74) is 6.58. The molecule has 3 aliphatic heterocycles. The fourth-order valence-corrected chi connectivity index (χ4v) is 4.38. The Morgan fingerprint density at radius 2 is 1.89 bits per heavy atom. The predicted molar refractivity (Wildman–Crippen MR) is 103 cm³/mol. The zero-order valence-corrected chi connectivity index (χ0v) is 15.9. The van der Waals surface area contributed by atoms with E-state index in [1.807, 2.05) is 6.07 Å². The van der Waals surface area contributed by atoms with Crippen LogP contribution in [0.25, 0.3) is 0 Å². The number of piperidine rings is 1. The number of piperazine rings is 1. The van der Waals surface area contributed by atoms with Crippen molar-refractivity contribution < 1.29 is 14.3 Å². The van der Waals surface area contributed by atoms with Crippen molar-refractivity contribution in [3.05, 3.63) is 23.8 Å². The van der Waals surface area contributed by atoms with Crippen LogP contribution in [0, 0.1) is 0 Å². The molecule has 1 aromatic carbocycles. The van der Waals surface area contributed by atoms with E-state index in [1.54, 1.807) is 0 Å². The summed E-state index contributed by atoms with van der Waals surface area (Å²) in [7, 11) is 0. The number of likely N-dealkylation sites (tertiary alicyclic amines) is 1. The normalized spacial score (nSPS) is 24.2. The molecule has 1 atom stereocenters. The molecule has 2 saturated heterocycles. The first-order valence-corrected chi connectivity index (χ1v) is 10.0. The van der Waals surface area contributed by atoms with Gasteiger partial charge >= 0.3 is 0 Å². The molecule has 3 heterocycles. The van der Waals surface area contributed by atoms with E-state index in [0.29, 0.717) is 19.3 Å². The quantitative estimate of drug-likeness (QED) is 0.797. The molecule has 3 aliphatic rings. The molecule has 0 bridgehead atoms. The molecule has 0 aliphatic carbocycles. The molecule has 1 amide bonds. The summed E-state index contributed by atoms with van der Waals surface area (Å²) in [4.78, 5) is 18.6. The van der Waals surface area contributed by atoms with Gasteiger partial charge in [0.1, 0.15) is 0 Å². The average molecular weight is 374 g/mol. The lowest BCUT2D eigenvalue weighted by molar-refractivity contribution is -0.118. The molecule has 1 aromatic rings. The minimum Gasteiger partial charge on any atom is -0.454 e. The van der Waals surface area contributed by atoms with Gasteiger partial charge in [0.15, 0.2) is 11.5 Å². The summed E-state index contributed by atoms with van der Waals surface area (Å²) in [6, 6.07) is 6.86. The van der Waals surface area contributed by atoms with Crippen molar-refractivity contribution in [1.82, 2.24) is 14.7 Å². The monoisotopic (exact) mass is 374 g/mol. The Balaban J connectivity index is 1.24. The van der Waals surface area contributed by atoms with E-state index in [-0.39, 0.29) is 5.91 Å². The van der Waals surface area contributed by atoms with E-state index in [1.165, 1.54) is 18.4 Å². The van der Waals surface area contributed by atoms with E-state index in [4.69, 9.17) is 15.2 Å². The Kier molecular flexibility index (Phi) is 5.80. The average Bonchev–Trinajstić information content (AvgIpc) is 3.15. The minimum absolute atomic E-state index is 0.200. The SMILES string of the molecule is NC(=O)CCN1CCCC(N2CCN(Cc3ccc4c(c3)OCO4)CC2)C1. The van der Waals surface area contributed by atoms with Crippen molar-refractivity contribution in [3.8, 4) is 11.5 Å². The van der Waals surface area contributed by atoms with Crippen LogP contribution in [0.2, 0.25) is 0 Å². The van der Waals surface area contributed by atoms with E-state index >= 15 is 0 Å². The lowest BCUT2D eigenvalue weighted by atomic mass is 10.0. The third kappa shape index (κ3) is 4.72. The van der Waals surface area contributed by atoms with Crippen molar-refractivity contribution in [2.45, 2.75) is 31.8 Å². The topological polar surface area (TPSA) is 71.3 Å². The molecule has 2 fully saturated rings.